The van der Waals surface area contributed by atoms with Crippen molar-refractivity contribution in [3.63, 3.8) is 0 Å². The van der Waals surface area contributed by atoms with Crippen molar-refractivity contribution in [2.45, 2.75) is 369 Å². The van der Waals surface area contributed by atoms with Crippen LogP contribution in [-0.4, -0.2) is 96.7 Å². The summed E-state index contributed by atoms with van der Waals surface area (Å²) in [6, 6.07) is 0. The largest absolute Gasteiger partial charge is 0.472 e. The molecule has 2 unspecified atom stereocenters. The SMILES string of the molecule is CC(C)CCCCCCCCCCCCCCCCC(=O)O[C@H](COC(=O)CCCCCCCCC(C)C)COP(=O)(O)OC[C@H](O)COP(=O)(O)OC[C@@H](COC(=O)CCCCCCCCCCCC(C)C)OC(=O)CCCCCCCCCCCC(C)C. The number of hydrogen-bond donors (Lipinski definition) is 3. The Balaban J connectivity index is 5.22. The number of phosphoric ester groups is 2. The lowest BCUT2D eigenvalue weighted by atomic mass is 10.0. The number of ether oxygens (including phenoxy) is 4. The molecule has 0 saturated heterocycles. The molecule has 0 aliphatic carbocycles. The number of phosphoric acid groups is 2. The van der Waals surface area contributed by atoms with E-state index < -0.39 is 97.5 Å². The van der Waals surface area contributed by atoms with E-state index in [2.05, 4.69) is 55.4 Å². The molecule has 0 aliphatic rings. The molecule has 5 atom stereocenters. The first-order chi connectivity index (χ1) is 43.1. The Bertz CT molecular complexity index is 1780. The van der Waals surface area contributed by atoms with Crippen molar-refractivity contribution in [3.05, 3.63) is 0 Å². The lowest BCUT2D eigenvalue weighted by Gasteiger charge is -2.21. The van der Waals surface area contributed by atoms with Crippen LogP contribution >= 0.6 is 15.6 Å². The summed E-state index contributed by atoms with van der Waals surface area (Å²) in [5, 5.41) is 10.6. The van der Waals surface area contributed by atoms with E-state index in [1.165, 1.54) is 148 Å². The highest BCUT2D eigenvalue weighted by Crippen LogP contribution is 2.45. The average molecular weight is 1330 g/mol. The van der Waals surface area contributed by atoms with E-state index in [0.717, 1.165) is 114 Å². The Morgan fingerprint density at radius 3 is 0.689 bits per heavy atom. The van der Waals surface area contributed by atoms with Crippen molar-refractivity contribution < 1.29 is 80.2 Å². The van der Waals surface area contributed by atoms with Gasteiger partial charge in [0.05, 0.1) is 26.4 Å². The fourth-order valence-electron chi connectivity index (χ4n) is 10.7. The molecule has 90 heavy (non-hydrogen) atoms. The summed E-state index contributed by atoms with van der Waals surface area (Å²) in [6.45, 7) is 14.1. The van der Waals surface area contributed by atoms with Gasteiger partial charge in [-0.3, -0.25) is 37.3 Å². The van der Waals surface area contributed by atoms with E-state index >= 15 is 0 Å². The van der Waals surface area contributed by atoms with Crippen LogP contribution in [0.15, 0.2) is 0 Å². The molecule has 17 nitrogen and oxygen atoms in total. The Kier molecular flexibility index (Phi) is 59.4. The smallest absolute Gasteiger partial charge is 0.462 e. The van der Waals surface area contributed by atoms with Gasteiger partial charge in [-0.2, -0.15) is 0 Å². The number of unbranched alkanes of at least 4 members (excludes halogenated alkanes) is 34. The van der Waals surface area contributed by atoms with E-state index in [-0.39, 0.29) is 25.7 Å². The Morgan fingerprint density at radius 1 is 0.278 bits per heavy atom. The minimum Gasteiger partial charge on any atom is -0.462 e. The number of hydrogen-bond acceptors (Lipinski definition) is 15. The average Bonchev–Trinajstić information content (AvgIpc) is 3.42. The molecular formula is C71H138O17P2. The Morgan fingerprint density at radius 2 is 0.467 bits per heavy atom. The second kappa shape index (κ2) is 60.7. The van der Waals surface area contributed by atoms with Crippen LogP contribution < -0.4 is 0 Å². The molecule has 534 valence electrons. The number of aliphatic hydroxyl groups excluding tert-OH is 1. The van der Waals surface area contributed by atoms with Crippen LogP contribution in [0.2, 0.25) is 0 Å². The third-order valence-electron chi connectivity index (χ3n) is 16.3. The molecule has 0 fully saturated rings. The van der Waals surface area contributed by atoms with Gasteiger partial charge in [0, 0.05) is 25.7 Å². The minimum absolute atomic E-state index is 0.104. The van der Waals surface area contributed by atoms with Crippen LogP contribution in [0.25, 0.3) is 0 Å². The quantitative estimate of drug-likeness (QED) is 0.0222. The predicted molar refractivity (Wildman–Crippen MR) is 363 cm³/mol. The topological polar surface area (TPSA) is 237 Å². The number of carbonyl (C=O) groups excluding carboxylic acids is 4. The molecular weight excluding hydrogens is 1190 g/mol. The van der Waals surface area contributed by atoms with Crippen LogP contribution in [0.3, 0.4) is 0 Å². The molecule has 0 bridgehead atoms. The van der Waals surface area contributed by atoms with Crippen LogP contribution in [0, 0.1) is 23.7 Å². The maximum atomic E-state index is 13.0. The zero-order valence-electron chi connectivity index (χ0n) is 58.8. The van der Waals surface area contributed by atoms with E-state index in [0.29, 0.717) is 31.6 Å². The van der Waals surface area contributed by atoms with Crippen LogP contribution in [-0.2, 0) is 65.4 Å². The molecule has 0 aromatic heterocycles. The predicted octanol–water partition coefficient (Wildman–Crippen LogP) is 20.1. The molecule has 0 radical (unpaired) electrons. The molecule has 3 N–H and O–H groups in total. The van der Waals surface area contributed by atoms with Gasteiger partial charge in [-0.25, -0.2) is 9.13 Å². The van der Waals surface area contributed by atoms with Crippen LogP contribution in [0.4, 0.5) is 0 Å². The molecule has 0 aromatic carbocycles. The summed E-state index contributed by atoms with van der Waals surface area (Å²) < 4.78 is 68.3. The van der Waals surface area contributed by atoms with Gasteiger partial charge in [0.2, 0.25) is 0 Å². The summed E-state index contributed by atoms with van der Waals surface area (Å²) >= 11 is 0. The third kappa shape index (κ3) is 64.8. The van der Waals surface area contributed by atoms with Crippen LogP contribution in [0.1, 0.15) is 351 Å². The number of aliphatic hydroxyl groups is 1. The highest BCUT2D eigenvalue weighted by molar-refractivity contribution is 7.47. The summed E-state index contributed by atoms with van der Waals surface area (Å²) in [5.41, 5.74) is 0. The molecule has 19 heteroatoms. The van der Waals surface area contributed by atoms with Crippen molar-refractivity contribution >= 4 is 39.5 Å². The molecule has 0 spiro atoms. The molecule has 0 rings (SSSR count). The standard InChI is InChI=1S/C71H138O17P2/c1-61(2)47-39-31-23-17-13-11-9-10-12-14-20-27-37-45-53-70(75)88-67(58-82-69(74)52-44-36-30-29-34-42-50-64(7)8)60-86-90(79,80)84-56-65(72)55-83-89(77,78)85-59-66(87-71(76)54-46-38-28-22-16-19-25-33-41-49-63(5)6)57-81-68(73)51-43-35-26-21-15-18-24-32-40-48-62(3)4/h61-67,72H,9-60H2,1-8H3,(H,77,78)(H,79,80)/t65-,66-,67-/m1/s1. The Labute approximate surface area is 549 Å². The monoisotopic (exact) mass is 1320 g/mol. The van der Waals surface area contributed by atoms with Gasteiger partial charge in [-0.15, -0.1) is 0 Å². The van der Waals surface area contributed by atoms with E-state index in [9.17, 15) is 43.2 Å². The summed E-state index contributed by atoms with van der Waals surface area (Å²) in [6.07, 6.45) is 43.2. The first-order valence-corrected chi connectivity index (χ1v) is 39.7. The fourth-order valence-corrected chi connectivity index (χ4v) is 12.2. The number of rotatable bonds is 68. The molecule has 0 saturated carbocycles. The van der Waals surface area contributed by atoms with Crippen molar-refractivity contribution in [2.24, 2.45) is 23.7 Å². The summed E-state index contributed by atoms with van der Waals surface area (Å²) in [4.78, 5) is 72.5. The van der Waals surface area contributed by atoms with Crippen molar-refractivity contribution in [3.8, 4) is 0 Å². The normalized spacial score (nSPS) is 14.3. The number of esters is 4. The van der Waals surface area contributed by atoms with Crippen molar-refractivity contribution in [1.82, 2.24) is 0 Å². The summed E-state index contributed by atoms with van der Waals surface area (Å²) in [7, 11) is -9.90. The van der Waals surface area contributed by atoms with E-state index in [1.807, 2.05) is 0 Å². The fraction of sp³-hybridized carbons (Fsp3) is 0.944. The van der Waals surface area contributed by atoms with E-state index in [4.69, 9.17) is 37.0 Å². The van der Waals surface area contributed by atoms with Gasteiger partial charge in [0.25, 0.3) is 0 Å². The number of carbonyl (C=O) groups is 4. The second-order valence-electron chi connectivity index (χ2n) is 27.5. The maximum absolute atomic E-state index is 13.0. The van der Waals surface area contributed by atoms with E-state index in [1.54, 1.807) is 0 Å². The van der Waals surface area contributed by atoms with Gasteiger partial charge in [-0.05, 0) is 49.4 Å². The van der Waals surface area contributed by atoms with Gasteiger partial charge in [-0.1, -0.05) is 299 Å². The molecule has 0 amide bonds. The van der Waals surface area contributed by atoms with Gasteiger partial charge < -0.3 is 33.8 Å². The first kappa shape index (κ1) is 88.1. The minimum atomic E-state index is -4.95. The highest BCUT2D eigenvalue weighted by Gasteiger charge is 2.30. The Hall–Kier alpha value is -1.94. The lowest BCUT2D eigenvalue weighted by Crippen LogP contribution is -2.30. The lowest BCUT2D eigenvalue weighted by molar-refractivity contribution is -0.161. The zero-order valence-corrected chi connectivity index (χ0v) is 60.6. The third-order valence-corrected chi connectivity index (χ3v) is 18.2. The molecule has 0 aliphatic heterocycles. The van der Waals surface area contributed by atoms with Gasteiger partial charge in [0.1, 0.15) is 19.3 Å². The van der Waals surface area contributed by atoms with Crippen molar-refractivity contribution in [1.29, 1.82) is 0 Å². The van der Waals surface area contributed by atoms with Crippen LogP contribution in [0.5, 0.6) is 0 Å². The second-order valence-corrected chi connectivity index (χ2v) is 30.4. The van der Waals surface area contributed by atoms with Crippen molar-refractivity contribution in [2.75, 3.05) is 39.6 Å². The zero-order chi connectivity index (χ0) is 66.8. The maximum Gasteiger partial charge on any atom is 0.472 e. The van der Waals surface area contributed by atoms with Gasteiger partial charge in [0.15, 0.2) is 12.2 Å². The summed E-state index contributed by atoms with van der Waals surface area (Å²) in [5.74, 6) is 0.825. The van der Waals surface area contributed by atoms with Gasteiger partial charge >= 0.3 is 39.5 Å². The molecule has 0 aromatic rings. The molecule has 0 heterocycles. The highest BCUT2D eigenvalue weighted by atomic mass is 31.2. The first-order valence-electron chi connectivity index (χ1n) is 36.7.